The minimum atomic E-state index is -1.24. The van der Waals surface area contributed by atoms with Gasteiger partial charge in [0.15, 0.2) is 17.4 Å². The van der Waals surface area contributed by atoms with Crippen molar-refractivity contribution in [2.75, 3.05) is 0 Å². The Morgan fingerprint density at radius 1 is 1.30 bits per heavy atom. The van der Waals surface area contributed by atoms with Crippen molar-refractivity contribution in [1.82, 2.24) is 4.57 Å². The number of nitro groups is 1. The third-order valence-corrected chi connectivity index (χ3v) is 2.96. The molecule has 0 spiro atoms. The lowest BCUT2D eigenvalue weighted by molar-refractivity contribution is -0.385. The number of carbonyl (C=O) groups excluding carboxylic acids is 1. The Kier molecular flexibility index (Phi) is 4.27. The third kappa shape index (κ3) is 3.26. The van der Waals surface area contributed by atoms with E-state index in [0.29, 0.717) is 10.6 Å². The van der Waals surface area contributed by atoms with Gasteiger partial charge in [-0.1, -0.05) is 0 Å². The average molecular weight is 319 g/mol. The number of nitriles is 1. The summed E-state index contributed by atoms with van der Waals surface area (Å²) >= 11 is 0. The molecule has 23 heavy (non-hydrogen) atoms. The number of carbonyl (C=O) groups is 1. The lowest BCUT2D eigenvalue weighted by Crippen LogP contribution is -2.26. The van der Waals surface area contributed by atoms with Crippen LogP contribution in [0.4, 0.5) is 14.5 Å². The van der Waals surface area contributed by atoms with Gasteiger partial charge in [-0.2, -0.15) is 5.26 Å². The predicted molar refractivity (Wildman–Crippen MR) is 72.8 cm³/mol. The van der Waals surface area contributed by atoms with Crippen molar-refractivity contribution < 1.29 is 18.5 Å². The highest BCUT2D eigenvalue weighted by atomic mass is 19.2. The van der Waals surface area contributed by atoms with Crippen molar-refractivity contribution in [3.05, 3.63) is 73.7 Å². The standard InChI is InChI=1S/C14H7F2N3O4/c15-11-2-1-8(4-12(11)16)13(20)7-18-6-10(19(22)23)3-9(5-17)14(18)21/h1-4,6H,7H2. The highest BCUT2D eigenvalue weighted by Crippen LogP contribution is 2.12. The van der Waals surface area contributed by atoms with Crippen LogP contribution in [0.15, 0.2) is 35.3 Å². The summed E-state index contributed by atoms with van der Waals surface area (Å²) in [6.45, 7) is -0.653. The number of nitrogens with zero attached hydrogens (tertiary/aromatic N) is 3. The van der Waals surface area contributed by atoms with E-state index in [2.05, 4.69) is 0 Å². The highest BCUT2D eigenvalue weighted by molar-refractivity contribution is 5.95. The molecule has 0 saturated heterocycles. The number of hydrogen-bond donors (Lipinski definition) is 0. The molecule has 116 valence electrons. The summed E-state index contributed by atoms with van der Waals surface area (Å²) in [5.41, 5.74) is -2.15. The largest absolute Gasteiger partial charge is 0.300 e. The maximum absolute atomic E-state index is 13.1. The van der Waals surface area contributed by atoms with Gasteiger partial charge >= 0.3 is 0 Å². The van der Waals surface area contributed by atoms with Crippen LogP contribution >= 0.6 is 0 Å². The van der Waals surface area contributed by atoms with Crippen LogP contribution in [0.1, 0.15) is 15.9 Å². The van der Waals surface area contributed by atoms with Crippen LogP contribution in [0, 0.1) is 33.1 Å². The van der Waals surface area contributed by atoms with Crippen LogP contribution in [-0.4, -0.2) is 15.3 Å². The van der Waals surface area contributed by atoms with E-state index in [0.717, 1.165) is 24.4 Å². The van der Waals surface area contributed by atoms with E-state index in [1.54, 1.807) is 0 Å². The molecule has 9 heteroatoms. The summed E-state index contributed by atoms with van der Waals surface area (Å²) in [6.07, 6.45) is 0.807. The zero-order chi connectivity index (χ0) is 17.1. The molecule has 0 radical (unpaired) electrons. The molecular formula is C14H7F2N3O4. The number of ketones is 1. The van der Waals surface area contributed by atoms with Gasteiger partial charge in [-0.15, -0.1) is 0 Å². The fraction of sp³-hybridized carbons (Fsp3) is 0.0714. The molecule has 0 unspecified atom stereocenters. The van der Waals surface area contributed by atoms with Crippen molar-refractivity contribution in [3.63, 3.8) is 0 Å². The van der Waals surface area contributed by atoms with Crippen molar-refractivity contribution in [2.45, 2.75) is 6.54 Å². The minimum Gasteiger partial charge on any atom is -0.300 e. The molecule has 0 amide bonds. The van der Waals surface area contributed by atoms with Crippen LogP contribution in [0.3, 0.4) is 0 Å². The molecule has 0 fully saturated rings. The number of benzene rings is 1. The van der Waals surface area contributed by atoms with E-state index >= 15 is 0 Å². The van der Waals surface area contributed by atoms with Crippen LogP contribution in [0.2, 0.25) is 0 Å². The first-order chi connectivity index (χ1) is 10.8. The maximum atomic E-state index is 13.1. The second-order valence-corrected chi connectivity index (χ2v) is 4.47. The third-order valence-electron chi connectivity index (χ3n) is 2.96. The predicted octanol–water partition coefficient (Wildman–Crippen LogP) is 1.79. The number of rotatable bonds is 4. The Labute approximate surface area is 127 Å². The van der Waals surface area contributed by atoms with Crippen molar-refractivity contribution >= 4 is 11.5 Å². The highest BCUT2D eigenvalue weighted by Gasteiger charge is 2.17. The average Bonchev–Trinajstić information content (AvgIpc) is 2.51. The molecule has 7 nitrogen and oxygen atoms in total. The Morgan fingerprint density at radius 3 is 2.57 bits per heavy atom. The first kappa shape index (κ1) is 16.0. The fourth-order valence-electron chi connectivity index (χ4n) is 1.83. The van der Waals surface area contributed by atoms with Crippen LogP contribution in [0.25, 0.3) is 0 Å². The lowest BCUT2D eigenvalue weighted by Gasteiger charge is -2.06. The van der Waals surface area contributed by atoms with Gasteiger partial charge in [-0.3, -0.25) is 24.3 Å². The SMILES string of the molecule is N#Cc1cc([N+](=O)[O-])cn(CC(=O)c2ccc(F)c(F)c2)c1=O. The monoisotopic (exact) mass is 319 g/mol. The Bertz CT molecular complexity index is 915. The fourth-order valence-corrected chi connectivity index (χ4v) is 1.83. The number of halogens is 2. The van der Waals surface area contributed by atoms with Crippen molar-refractivity contribution in [1.29, 1.82) is 5.26 Å². The number of pyridine rings is 1. The quantitative estimate of drug-likeness (QED) is 0.485. The summed E-state index contributed by atoms with van der Waals surface area (Å²) in [5, 5.41) is 19.6. The van der Waals surface area contributed by atoms with E-state index in [-0.39, 0.29) is 5.56 Å². The first-order valence-corrected chi connectivity index (χ1v) is 6.10. The first-order valence-electron chi connectivity index (χ1n) is 6.10. The van der Waals surface area contributed by atoms with Crippen molar-refractivity contribution in [2.24, 2.45) is 0 Å². The second-order valence-electron chi connectivity index (χ2n) is 4.47. The topological polar surface area (TPSA) is 106 Å². The smallest absolute Gasteiger partial charge is 0.287 e. The zero-order valence-electron chi connectivity index (χ0n) is 11.3. The van der Waals surface area contributed by atoms with Gasteiger partial charge in [0.1, 0.15) is 11.6 Å². The van der Waals surface area contributed by atoms with E-state index in [1.807, 2.05) is 0 Å². The van der Waals surface area contributed by atoms with E-state index in [1.165, 1.54) is 6.07 Å². The Hall–Kier alpha value is -3.41. The zero-order valence-corrected chi connectivity index (χ0v) is 11.3. The summed E-state index contributed by atoms with van der Waals surface area (Å²) in [4.78, 5) is 33.9. The molecule has 2 aromatic rings. The molecule has 0 bridgehead atoms. The molecule has 0 N–H and O–H groups in total. The maximum Gasteiger partial charge on any atom is 0.287 e. The number of Topliss-reactive ketones (excluding diaryl/α,β-unsaturated/α-hetero) is 1. The van der Waals surface area contributed by atoms with Crippen LogP contribution in [0.5, 0.6) is 0 Å². The molecule has 1 heterocycles. The molecule has 0 saturated carbocycles. The van der Waals surface area contributed by atoms with E-state index in [4.69, 9.17) is 5.26 Å². The van der Waals surface area contributed by atoms with Gasteiger partial charge in [0.25, 0.3) is 11.2 Å². The molecule has 0 aliphatic rings. The van der Waals surface area contributed by atoms with Gasteiger partial charge in [-0.25, -0.2) is 8.78 Å². The second kappa shape index (κ2) is 6.15. The van der Waals surface area contributed by atoms with Gasteiger partial charge in [-0.05, 0) is 18.2 Å². The van der Waals surface area contributed by atoms with Crippen molar-refractivity contribution in [3.8, 4) is 6.07 Å². The molecule has 1 aromatic heterocycles. The van der Waals surface area contributed by atoms with Crippen LogP contribution < -0.4 is 5.56 Å². The van der Waals surface area contributed by atoms with Gasteiger partial charge < -0.3 is 0 Å². The van der Waals surface area contributed by atoms with Gasteiger partial charge in [0.05, 0.1) is 17.7 Å². The number of aromatic nitrogens is 1. The Morgan fingerprint density at radius 2 is 2.00 bits per heavy atom. The Balaban J connectivity index is 2.43. The lowest BCUT2D eigenvalue weighted by atomic mass is 10.1. The summed E-state index contributed by atoms with van der Waals surface area (Å²) in [5.74, 6) is -3.14. The summed E-state index contributed by atoms with van der Waals surface area (Å²) in [6, 6.07) is 4.72. The molecular weight excluding hydrogens is 312 g/mol. The molecule has 0 aliphatic heterocycles. The molecule has 2 rings (SSSR count). The number of hydrogen-bond acceptors (Lipinski definition) is 5. The van der Waals surface area contributed by atoms with E-state index < -0.39 is 45.7 Å². The normalized spacial score (nSPS) is 10.1. The van der Waals surface area contributed by atoms with Crippen LogP contribution in [-0.2, 0) is 6.54 Å². The molecule has 0 aliphatic carbocycles. The van der Waals surface area contributed by atoms with Gasteiger partial charge in [0.2, 0.25) is 0 Å². The molecule has 1 aromatic carbocycles. The van der Waals surface area contributed by atoms with Gasteiger partial charge in [0, 0.05) is 11.6 Å². The molecule has 0 atom stereocenters. The summed E-state index contributed by atoms with van der Waals surface area (Å²) in [7, 11) is 0. The minimum absolute atomic E-state index is 0.208. The van der Waals surface area contributed by atoms with E-state index in [9.17, 15) is 28.5 Å². The summed E-state index contributed by atoms with van der Waals surface area (Å²) < 4.78 is 26.6.